The van der Waals surface area contributed by atoms with E-state index in [1.165, 1.54) is 19.3 Å². The van der Waals surface area contributed by atoms with Crippen LogP contribution in [-0.4, -0.2) is 11.6 Å². The third kappa shape index (κ3) is 4.84. The zero-order valence-corrected chi connectivity index (χ0v) is 11.1. The number of hydrogen-bond acceptors (Lipinski definition) is 2. The normalized spacial score (nSPS) is 14.6. The van der Waals surface area contributed by atoms with Crippen molar-refractivity contribution in [2.45, 2.75) is 38.6 Å². The maximum absolute atomic E-state index is 11.6. The fourth-order valence-corrected chi connectivity index (χ4v) is 1.95. The van der Waals surface area contributed by atoms with E-state index in [-0.39, 0.29) is 18.3 Å². The van der Waals surface area contributed by atoms with E-state index in [1.807, 2.05) is 35.2 Å². The van der Waals surface area contributed by atoms with Crippen LogP contribution in [0.15, 0.2) is 35.7 Å². The van der Waals surface area contributed by atoms with Crippen LogP contribution >= 0.6 is 0 Å². The first-order valence-electron chi connectivity index (χ1n) is 6.13. The first-order chi connectivity index (χ1) is 8.34. The summed E-state index contributed by atoms with van der Waals surface area (Å²) in [5.41, 5.74) is 3.76. The van der Waals surface area contributed by atoms with Gasteiger partial charge in [-0.3, -0.25) is 4.79 Å². The van der Waals surface area contributed by atoms with Crippen molar-refractivity contribution in [3.05, 3.63) is 30.6 Å². The fraction of sp³-hybridized carbons (Fsp3) is 0.462. The molecule has 0 saturated heterocycles. The lowest BCUT2D eigenvalue weighted by molar-refractivity contribution is -0.684. The molecule has 1 aliphatic rings. The van der Waals surface area contributed by atoms with Crippen LogP contribution in [0.5, 0.6) is 0 Å². The zero-order chi connectivity index (χ0) is 11.9. The number of nitrogens with zero attached hydrogens (tertiary/aromatic N) is 2. The summed E-state index contributed by atoms with van der Waals surface area (Å²) < 4.78 is 1.83. The van der Waals surface area contributed by atoms with E-state index >= 15 is 0 Å². The van der Waals surface area contributed by atoms with E-state index in [1.54, 1.807) is 0 Å². The molecular weight excluding hydrogens is 250 g/mol. The van der Waals surface area contributed by atoms with Crippen molar-refractivity contribution in [2.24, 2.45) is 5.10 Å². The van der Waals surface area contributed by atoms with Crippen molar-refractivity contribution >= 4 is 11.6 Å². The standard InChI is InChI=1S/C13H17N3O.ClH/c17-13(11-16-9-5-2-6-10-16)15-14-12-7-3-1-4-8-12;/h2,5-6,9-10H,1,3-4,7-8,11H2;1H. The van der Waals surface area contributed by atoms with Gasteiger partial charge in [0.15, 0.2) is 12.4 Å². The van der Waals surface area contributed by atoms with Crippen molar-refractivity contribution in [3.8, 4) is 0 Å². The summed E-state index contributed by atoms with van der Waals surface area (Å²) in [5, 5.41) is 4.18. The largest absolute Gasteiger partial charge is 1.00 e. The summed E-state index contributed by atoms with van der Waals surface area (Å²) in [7, 11) is 0. The minimum absolute atomic E-state index is 0. The van der Waals surface area contributed by atoms with Crippen LogP contribution in [-0.2, 0) is 11.3 Å². The monoisotopic (exact) mass is 267 g/mol. The Bertz CT molecular complexity index is 398. The Hall–Kier alpha value is -1.42. The van der Waals surface area contributed by atoms with E-state index < -0.39 is 0 Å². The third-order valence-corrected chi connectivity index (χ3v) is 2.87. The van der Waals surface area contributed by atoms with Gasteiger partial charge in [-0.05, 0) is 25.7 Å². The Morgan fingerprint density at radius 1 is 1.17 bits per heavy atom. The van der Waals surface area contributed by atoms with Gasteiger partial charge in [-0.15, -0.1) is 0 Å². The number of hydrogen-bond donors (Lipinski definition) is 1. The molecule has 5 heteroatoms. The van der Waals surface area contributed by atoms with Gasteiger partial charge < -0.3 is 12.4 Å². The highest BCUT2D eigenvalue weighted by Crippen LogP contribution is 2.13. The molecule has 0 unspecified atom stereocenters. The minimum atomic E-state index is -0.0701. The molecule has 0 aliphatic heterocycles. The number of nitrogens with one attached hydrogen (secondary N) is 1. The number of hydrazone groups is 1. The molecule has 98 valence electrons. The molecule has 1 aromatic heterocycles. The average molecular weight is 268 g/mol. The first kappa shape index (κ1) is 14.6. The van der Waals surface area contributed by atoms with Crippen molar-refractivity contribution in [3.63, 3.8) is 0 Å². The Morgan fingerprint density at radius 2 is 1.83 bits per heavy atom. The topological polar surface area (TPSA) is 45.3 Å². The molecule has 4 nitrogen and oxygen atoms in total. The van der Waals surface area contributed by atoms with Crippen LogP contribution in [0.3, 0.4) is 0 Å². The quantitative estimate of drug-likeness (QED) is 0.521. The third-order valence-electron chi connectivity index (χ3n) is 2.87. The van der Waals surface area contributed by atoms with E-state index in [2.05, 4.69) is 10.5 Å². The van der Waals surface area contributed by atoms with Crippen LogP contribution < -0.4 is 22.4 Å². The summed E-state index contributed by atoms with van der Waals surface area (Å²) in [5.74, 6) is -0.0701. The Morgan fingerprint density at radius 3 is 2.50 bits per heavy atom. The number of carbonyl (C=O) groups excluding carboxylic acids is 1. The number of rotatable bonds is 3. The second kappa shape index (κ2) is 7.82. The van der Waals surface area contributed by atoms with E-state index in [0.717, 1.165) is 18.6 Å². The van der Waals surface area contributed by atoms with Crippen LogP contribution in [0.1, 0.15) is 32.1 Å². The van der Waals surface area contributed by atoms with Crippen LogP contribution in [0, 0.1) is 0 Å². The van der Waals surface area contributed by atoms with Crippen LogP contribution in [0.2, 0.25) is 0 Å². The van der Waals surface area contributed by atoms with Crippen LogP contribution in [0.25, 0.3) is 0 Å². The van der Waals surface area contributed by atoms with Gasteiger partial charge in [0.1, 0.15) is 0 Å². The summed E-state index contributed by atoms with van der Waals surface area (Å²) >= 11 is 0. The number of pyridine rings is 1. The van der Waals surface area contributed by atoms with Crippen molar-refractivity contribution in [2.75, 3.05) is 0 Å². The van der Waals surface area contributed by atoms with E-state index in [0.29, 0.717) is 6.54 Å². The van der Waals surface area contributed by atoms with Gasteiger partial charge in [0.25, 0.3) is 0 Å². The lowest BCUT2D eigenvalue weighted by Gasteiger charge is -2.11. The number of carbonyl (C=O) groups is 1. The second-order valence-corrected chi connectivity index (χ2v) is 4.32. The highest BCUT2D eigenvalue weighted by molar-refractivity contribution is 5.86. The number of halogens is 1. The lowest BCUT2D eigenvalue weighted by Crippen LogP contribution is -3.00. The highest BCUT2D eigenvalue weighted by Gasteiger charge is 2.10. The molecule has 1 aliphatic carbocycles. The highest BCUT2D eigenvalue weighted by atomic mass is 35.5. The fourth-order valence-electron chi connectivity index (χ4n) is 1.95. The molecule has 18 heavy (non-hydrogen) atoms. The van der Waals surface area contributed by atoms with Gasteiger partial charge >= 0.3 is 5.91 Å². The van der Waals surface area contributed by atoms with Crippen LogP contribution in [0.4, 0.5) is 0 Å². The molecule has 1 amide bonds. The summed E-state index contributed by atoms with van der Waals surface area (Å²) in [4.78, 5) is 11.6. The maximum atomic E-state index is 11.6. The molecule has 0 radical (unpaired) electrons. The summed E-state index contributed by atoms with van der Waals surface area (Å²) in [6, 6.07) is 5.73. The lowest BCUT2D eigenvalue weighted by atomic mass is 9.99. The predicted molar refractivity (Wildman–Crippen MR) is 65.3 cm³/mol. The molecule has 1 fully saturated rings. The SMILES string of the molecule is O=C(C[n+]1ccccc1)NN=C1CCCCC1.[Cl-]. The molecular formula is C13H18ClN3O. The molecule has 1 N–H and O–H groups in total. The van der Waals surface area contributed by atoms with Gasteiger partial charge in [-0.2, -0.15) is 9.67 Å². The minimum Gasteiger partial charge on any atom is -1.00 e. The molecule has 1 saturated carbocycles. The molecule has 0 spiro atoms. The molecule has 0 aromatic carbocycles. The van der Waals surface area contributed by atoms with Crippen molar-refractivity contribution < 1.29 is 21.8 Å². The Labute approximate surface area is 114 Å². The van der Waals surface area contributed by atoms with Gasteiger partial charge in [-0.25, -0.2) is 5.43 Å². The Kier molecular flexibility index (Phi) is 6.36. The maximum Gasteiger partial charge on any atom is 0.305 e. The van der Waals surface area contributed by atoms with Gasteiger partial charge in [0, 0.05) is 17.8 Å². The first-order valence-corrected chi connectivity index (χ1v) is 6.13. The molecule has 0 bridgehead atoms. The van der Waals surface area contributed by atoms with E-state index in [4.69, 9.17) is 0 Å². The molecule has 1 aromatic rings. The smallest absolute Gasteiger partial charge is 0.305 e. The molecule has 0 atom stereocenters. The predicted octanol–water partition coefficient (Wildman–Crippen LogP) is -1.59. The van der Waals surface area contributed by atoms with Gasteiger partial charge in [0.2, 0.25) is 6.54 Å². The second-order valence-electron chi connectivity index (χ2n) is 4.32. The van der Waals surface area contributed by atoms with Crippen molar-refractivity contribution in [1.82, 2.24) is 5.43 Å². The van der Waals surface area contributed by atoms with Gasteiger partial charge in [-0.1, -0.05) is 12.5 Å². The molecule has 2 rings (SSSR count). The zero-order valence-electron chi connectivity index (χ0n) is 10.3. The van der Waals surface area contributed by atoms with Gasteiger partial charge in [0.05, 0.1) is 0 Å². The molecule has 1 heterocycles. The summed E-state index contributed by atoms with van der Waals surface area (Å²) in [6.07, 6.45) is 9.47. The van der Waals surface area contributed by atoms with Crippen molar-refractivity contribution in [1.29, 1.82) is 0 Å². The Balaban J connectivity index is 0.00000162. The number of amides is 1. The average Bonchev–Trinajstić information content (AvgIpc) is 2.39. The summed E-state index contributed by atoms with van der Waals surface area (Å²) in [6.45, 7) is 0.317. The van der Waals surface area contributed by atoms with E-state index in [9.17, 15) is 4.79 Å². The number of aromatic nitrogens is 1.